The number of hydrogen-bond acceptors (Lipinski definition) is 4. The Morgan fingerprint density at radius 2 is 1.48 bits per heavy atom. The molecule has 0 bridgehead atoms. The lowest BCUT2D eigenvalue weighted by Gasteiger charge is -2.22. The van der Waals surface area contributed by atoms with E-state index in [9.17, 15) is 4.79 Å². The fraction of sp³-hybridized carbons (Fsp3) is 0.167. The van der Waals surface area contributed by atoms with Crippen molar-refractivity contribution in [2.45, 2.75) is 26.9 Å². The third kappa shape index (κ3) is 4.30. The Hall–Kier alpha value is -3.18. The second-order valence-corrected chi connectivity index (χ2v) is 8.08. The van der Waals surface area contributed by atoms with Crippen LogP contribution in [0, 0.1) is 13.8 Å². The maximum Gasteiger partial charge on any atom is 0.264 e. The van der Waals surface area contributed by atoms with Gasteiger partial charge >= 0.3 is 0 Å². The summed E-state index contributed by atoms with van der Waals surface area (Å²) < 4.78 is 5.29. The van der Waals surface area contributed by atoms with Crippen LogP contribution in [0.4, 0.5) is 0 Å². The number of hydrogen-bond donors (Lipinski definition) is 0. The molecule has 1 amide bonds. The molecule has 2 heterocycles. The molecule has 0 spiro atoms. The molecule has 0 aliphatic rings. The zero-order chi connectivity index (χ0) is 20.2. The van der Waals surface area contributed by atoms with E-state index < -0.39 is 0 Å². The quantitative estimate of drug-likeness (QED) is 0.406. The molecule has 0 radical (unpaired) electrons. The number of nitrogens with zero attached hydrogens (tertiary/aromatic N) is 2. The first kappa shape index (κ1) is 19.2. The normalized spacial score (nSPS) is 10.8. The average Bonchev–Trinajstić information content (AvgIpc) is 3.35. The van der Waals surface area contributed by atoms with Crippen LogP contribution >= 0.6 is 11.3 Å². The highest BCUT2D eigenvalue weighted by Crippen LogP contribution is 2.33. The van der Waals surface area contributed by atoms with Gasteiger partial charge in [0.15, 0.2) is 0 Å². The van der Waals surface area contributed by atoms with E-state index >= 15 is 0 Å². The van der Waals surface area contributed by atoms with Gasteiger partial charge in [0, 0.05) is 18.0 Å². The van der Waals surface area contributed by atoms with Crippen LogP contribution in [0.3, 0.4) is 0 Å². The molecule has 0 fully saturated rings. The molecule has 4 nitrogen and oxygen atoms in total. The molecule has 0 aliphatic carbocycles. The molecule has 0 N–H and O–H groups in total. The van der Waals surface area contributed by atoms with Gasteiger partial charge < -0.3 is 9.42 Å². The Morgan fingerprint density at radius 3 is 2.00 bits per heavy atom. The summed E-state index contributed by atoms with van der Waals surface area (Å²) in [6.45, 7) is 4.94. The molecule has 0 aliphatic heterocycles. The molecule has 146 valence electrons. The standard InChI is InChI=1S/C24H22N2O2S/c1-17-23(18(2)28-25-17)21-13-14-22(29-21)24(27)26(15-19-9-5-3-6-10-19)16-20-11-7-4-8-12-20/h3-14H,15-16H2,1-2H3. The first-order chi connectivity index (χ1) is 14.1. The summed E-state index contributed by atoms with van der Waals surface area (Å²) >= 11 is 1.49. The third-order valence-corrected chi connectivity index (χ3v) is 5.91. The van der Waals surface area contributed by atoms with Crippen molar-refractivity contribution in [2.75, 3.05) is 0 Å². The van der Waals surface area contributed by atoms with Gasteiger partial charge in [-0.2, -0.15) is 0 Å². The molecule has 0 atom stereocenters. The van der Waals surface area contributed by atoms with Crippen LogP contribution in [0.5, 0.6) is 0 Å². The van der Waals surface area contributed by atoms with E-state index in [0.29, 0.717) is 18.0 Å². The Balaban J connectivity index is 1.62. The molecular weight excluding hydrogens is 380 g/mol. The Labute approximate surface area is 174 Å². The van der Waals surface area contributed by atoms with Crippen LogP contribution in [-0.4, -0.2) is 16.0 Å². The molecule has 4 rings (SSSR count). The fourth-order valence-corrected chi connectivity index (χ4v) is 4.50. The van der Waals surface area contributed by atoms with Crippen molar-refractivity contribution in [3.8, 4) is 10.4 Å². The van der Waals surface area contributed by atoms with Crippen molar-refractivity contribution in [1.82, 2.24) is 10.1 Å². The minimum Gasteiger partial charge on any atom is -0.361 e. The van der Waals surface area contributed by atoms with Gasteiger partial charge in [0.05, 0.1) is 16.1 Å². The summed E-state index contributed by atoms with van der Waals surface area (Å²) in [6, 6.07) is 24.1. The molecule has 0 saturated carbocycles. The summed E-state index contributed by atoms with van der Waals surface area (Å²) in [5, 5.41) is 4.03. The van der Waals surface area contributed by atoms with Crippen molar-refractivity contribution >= 4 is 17.2 Å². The topological polar surface area (TPSA) is 46.3 Å². The minimum atomic E-state index is 0.0284. The molecule has 29 heavy (non-hydrogen) atoms. The highest BCUT2D eigenvalue weighted by atomic mass is 32.1. The van der Waals surface area contributed by atoms with Crippen molar-refractivity contribution in [3.63, 3.8) is 0 Å². The van der Waals surface area contributed by atoms with Gasteiger partial charge in [-0.25, -0.2) is 0 Å². The van der Waals surface area contributed by atoms with Crippen LogP contribution in [-0.2, 0) is 13.1 Å². The van der Waals surface area contributed by atoms with E-state index in [0.717, 1.165) is 33.0 Å². The maximum atomic E-state index is 13.4. The molecule has 0 saturated heterocycles. The van der Waals surface area contributed by atoms with Crippen LogP contribution < -0.4 is 0 Å². The smallest absolute Gasteiger partial charge is 0.264 e. The maximum absolute atomic E-state index is 13.4. The largest absolute Gasteiger partial charge is 0.361 e. The number of carbonyl (C=O) groups excluding carboxylic acids is 1. The predicted molar refractivity (Wildman–Crippen MR) is 116 cm³/mol. The summed E-state index contributed by atoms with van der Waals surface area (Å²) in [5.41, 5.74) is 4.04. The Morgan fingerprint density at radius 1 is 0.897 bits per heavy atom. The SMILES string of the molecule is Cc1noc(C)c1-c1ccc(C(=O)N(Cc2ccccc2)Cc2ccccc2)s1. The number of rotatable bonds is 6. The van der Waals surface area contributed by atoms with E-state index in [2.05, 4.69) is 29.4 Å². The highest BCUT2D eigenvalue weighted by Gasteiger charge is 2.21. The van der Waals surface area contributed by atoms with E-state index in [4.69, 9.17) is 4.52 Å². The number of benzene rings is 2. The Bertz CT molecular complexity index is 1040. The lowest BCUT2D eigenvalue weighted by molar-refractivity contribution is 0.0735. The molecular formula is C24H22N2O2S. The van der Waals surface area contributed by atoms with Gasteiger partial charge in [0.2, 0.25) is 0 Å². The van der Waals surface area contributed by atoms with Gasteiger partial charge in [-0.15, -0.1) is 11.3 Å². The van der Waals surface area contributed by atoms with Gasteiger partial charge in [-0.3, -0.25) is 4.79 Å². The third-order valence-electron chi connectivity index (χ3n) is 4.82. The summed E-state index contributed by atoms with van der Waals surface area (Å²) in [5.74, 6) is 0.800. The number of amides is 1. The summed E-state index contributed by atoms with van der Waals surface area (Å²) in [6.07, 6.45) is 0. The van der Waals surface area contributed by atoms with E-state index in [1.165, 1.54) is 11.3 Å². The number of thiophene rings is 1. The molecule has 0 unspecified atom stereocenters. The van der Waals surface area contributed by atoms with Crippen molar-refractivity contribution in [3.05, 3.63) is 100 Å². The van der Waals surface area contributed by atoms with Crippen LogP contribution in [0.1, 0.15) is 32.3 Å². The van der Waals surface area contributed by atoms with Gasteiger partial charge in [-0.05, 0) is 37.1 Å². The van der Waals surface area contributed by atoms with E-state index in [1.54, 1.807) is 0 Å². The van der Waals surface area contributed by atoms with Crippen molar-refractivity contribution in [1.29, 1.82) is 0 Å². The average molecular weight is 403 g/mol. The van der Waals surface area contributed by atoms with Crippen LogP contribution in [0.25, 0.3) is 10.4 Å². The molecule has 4 aromatic rings. The monoisotopic (exact) mass is 402 g/mol. The molecule has 2 aromatic heterocycles. The van der Waals surface area contributed by atoms with E-state index in [-0.39, 0.29) is 5.91 Å². The zero-order valence-electron chi connectivity index (χ0n) is 16.5. The van der Waals surface area contributed by atoms with E-state index in [1.807, 2.05) is 67.3 Å². The van der Waals surface area contributed by atoms with Gasteiger partial charge in [-0.1, -0.05) is 65.8 Å². The summed E-state index contributed by atoms with van der Waals surface area (Å²) in [4.78, 5) is 17.0. The number of aryl methyl sites for hydroxylation is 2. The molecule has 5 heteroatoms. The van der Waals surface area contributed by atoms with Gasteiger partial charge in [0.25, 0.3) is 5.91 Å². The number of aromatic nitrogens is 1. The first-order valence-electron chi connectivity index (χ1n) is 9.52. The lowest BCUT2D eigenvalue weighted by Crippen LogP contribution is -2.29. The fourth-order valence-electron chi connectivity index (χ4n) is 3.38. The zero-order valence-corrected chi connectivity index (χ0v) is 17.3. The van der Waals surface area contributed by atoms with Crippen LogP contribution in [0.15, 0.2) is 77.3 Å². The highest BCUT2D eigenvalue weighted by molar-refractivity contribution is 7.17. The number of carbonyl (C=O) groups is 1. The second kappa shape index (κ2) is 8.45. The van der Waals surface area contributed by atoms with Gasteiger partial charge in [0.1, 0.15) is 5.76 Å². The molecule has 2 aromatic carbocycles. The van der Waals surface area contributed by atoms with Crippen molar-refractivity contribution in [2.24, 2.45) is 0 Å². The minimum absolute atomic E-state index is 0.0284. The Kier molecular flexibility index (Phi) is 5.58. The van der Waals surface area contributed by atoms with Crippen LogP contribution in [0.2, 0.25) is 0 Å². The predicted octanol–water partition coefficient (Wildman–Crippen LogP) is 5.86. The summed E-state index contributed by atoms with van der Waals surface area (Å²) in [7, 11) is 0. The first-order valence-corrected chi connectivity index (χ1v) is 10.3. The van der Waals surface area contributed by atoms with Crippen molar-refractivity contribution < 1.29 is 9.32 Å². The second-order valence-electron chi connectivity index (χ2n) is 7.00. The lowest BCUT2D eigenvalue weighted by atomic mass is 10.1.